The first-order valence-electron chi connectivity index (χ1n) is 10.6. The maximum Gasteiger partial charge on any atom is 0.137 e. The maximum atomic E-state index is 5.94. The lowest BCUT2D eigenvalue weighted by atomic mass is 9.95. The molecule has 31 heavy (non-hydrogen) atoms. The number of ether oxygens (including phenoxy) is 3. The predicted molar refractivity (Wildman–Crippen MR) is 118 cm³/mol. The molecule has 4 rings (SSSR count). The third-order valence-corrected chi connectivity index (χ3v) is 5.84. The van der Waals surface area contributed by atoms with E-state index in [1.807, 2.05) is 37.3 Å². The summed E-state index contributed by atoms with van der Waals surface area (Å²) in [5, 5.41) is 4.04. The summed E-state index contributed by atoms with van der Waals surface area (Å²) in [5.41, 5.74) is 3.37. The van der Waals surface area contributed by atoms with Gasteiger partial charge >= 0.3 is 0 Å². The second kappa shape index (κ2) is 9.98. The van der Waals surface area contributed by atoms with Crippen LogP contribution in [0.5, 0.6) is 11.5 Å². The molecule has 0 bridgehead atoms. The normalized spacial score (nSPS) is 18.5. The van der Waals surface area contributed by atoms with Crippen molar-refractivity contribution < 1.29 is 18.7 Å². The Kier molecular flexibility index (Phi) is 6.89. The quantitative estimate of drug-likeness (QED) is 0.514. The van der Waals surface area contributed by atoms with Gasteiger partial charge in [-0.3, -0.25) is 4.90 Å². The minimum atomic E-state index is 0.277. The minimum Gasteiger partial charge on any atom is -0.497 e. The SMILES string of the molecule is COc1ccc(CN(Cc2cccc(OC)c2)[C@@H]2COC[C@H]2Cc2cc(C)no2)cc1. The molecule has 164 valence electrons. The van der Waals surface area contributed by atoms with Crippen molar-refractivity contribution in [2.24, 2.45) is 5.92 Å². The van der Waals surface area contributed by atoms with E-state index in [0.717, 1.165) is 49.1 Å². The molecular formula is C25H30N2O4. The van der Waals surface area contributed by atoms with Crippen molar-refractivity contribution in [1.82, 2.24) is 10.1 Å². The van der Waals surface area contributed by atoms with Gasteiger partial charge in [-0.25, -0.2) is 0 Å². The van der Waals surface area contributed by atoms with Gasteiger partial charge in [0, 0.05) is 37.5 Å². The van der Waals surface area contributed by atoms with Crippen LogP contribution in [0.2, 0.25) is 0 Å². The highest BCUT2D eigenvalue weighted by molar-refractivity contribution is 5.29. The molecule has 1 aliphatic rings. The fourth-order valence-corrected chi connectivity index (χ4v) is 4.22. The number of benzene rings is 2. The van der Waals surface area contributed by atoms with E-state index in [4.69, 9.17) is 18.7 Å². The highest BCUT2D eigenvalue weighted by Crippen LogP contribution is 2.28. The molecule has 1 aliphatic heterocycles. The molecule has 0 amide bonds. The van der Waals surface area contributed by atoms with E-state index in [1.54, 1.807) is 14.2 Å². The van der Waals surface area contributed by atoms with Gasteiger partial charge in [-0.1, -0.05) is 29.4 Å². The third kappa shape index (κ3) is 5.46. The highest BCUT2D eigenvalue weighted by Gasteiger charge is 2.34. The molecule has 6 nitrogen and oxygen atoms in total. The van der Waals surface area contributed by atoms with Crippen LogP contribution < -0.4 is 9.47 Å². The zero-order valence-electron chi connectivity index (χ0n) is 18.4. The molecule has 2 heterocycles. The zero-order chi connectivity index (χ0) is 21.6. The molecule has 0 radical (unpaired) electrons. The standard InChI is InChI=1S/C25H30N2O4/c1-18-11-24(31-26-18)13-21-16-30-17-25(21)27(14-19-7-9-22(28-2)10-8-19)15-20-5-4-6-23(12-20)29-3/h4-12,21,25H,13-17H2,1-3H3/t21-,25-/m1/s1. The van der Waals surface area contributed by atoms with Crippen LogP contribution in [-0.2, 0) is 24.2 Å². The smallest absolute Gasteiger partial charge is 0.137 e. The summed E-state index contributed by atoms with van der Waals surface area (Å²) in [7, 11) is 3.39. The van der Waals surface area contributed by atoms with Gasteiger partial charge in [-0.2, -0.15) is 0 Å². The predicted octanol–water partition coefficient (Wildman–Crippen LogP) is 4.26. The molecule has 0 spiro atoms. The van der Waals surface area contributed by atoms with Crippen LogP contribution in [0.4, 0.5) is 0 Å². The lowest BCUT2D eigenvalue weighted by Crippen LogP contribution is -2.40. The Balaban J connectivity index is 1.56. The van der Waals surface area contributed by atoms with Crippen molar-refractivity contribution in [3.8, 4) is 11.5 Å². The van der Waals surface area contributed by atoms with Crippen LogP contribution in [0, 0.1) is 12.8 Å². The number of hydrogen-bond acceptors (Lipinski definition) is 6. The van der Waals surface area contributed by atoms with Crippen LogP contribution in [0.25, 0.3) is 0 Å². The van der Waals surface area contributed by atoms with Crippen molar-refractivity contribution >= 4 is 0 Å². The fourth-order valence-electron chi connectivity index (χ4n) is 4.22. The van der Waals surface area contributed by atoms with Gasteiger partial charge in [0.05, 0.1) is 33.1 Å². The summed E-state index contributed by atoms with van der Waals surface area (Å²) in [6, 6.07) is 18.8. The van der Waals surface area contributed by atoms with Gasteiger partial charge in [0.2, 0.25) is 0 Å². The van der Waals surface area contributed by atoms with E-state index in [0.29, 0.717) is 12.5 Å². The number of aryl methyl sites for hydroxylation is 1. The summed E-state index contributed by atoms with van der Waals surface area (Å²) in [6.07, 6.45) is 0.822. The van der Waals surface area contributed by atoms with Crippen molar-refractivity contribution in [3.63, 3.8) is 0 Å². The number of rotatable bonds is 9. The average Bonchev–Trinajstić information content (AvgIpc) is 3.43. The van der Waals surface area contributed by atoms with E-state index in [-0.39, 0.29) is 6.04 Å². The molecule has 6 heteroatoms. The number of nitrogens with zero attached hydrogens (tertiary/aromatic N) is 2. The van der Waals surface area contributed by atoms with Crippen molar-refractivity contribution in [2.45, 2.75) is 32.5 Å². The first-order valence-corrected chi connectivity index (χ1v) is 10.6. The Morgan fingerprint density at radius 1 is 0.935 bits per heavy atom. The molecule has 1 saturated heterocycles. The van der Waals surface area contributed by atoms with E-state index in [2.05, 4.69) is 34.3 Å². The highest BCUT2D eigenvalue weighted by atomic mass is 16.5. The Morgan fingerprint density at radius 2 is 1.71 bits per heavy atom. The molecule has 0 N–H and O–H groups in total. The Bertz CT molecular complexity index is 970. The fraction of sp³-hybridized carbons (Fsp3) is 0.400. The Labute approximate surface area is 183 Å². The second-order valence-electron chi connectivity index (χ2n) is 8.11. The molecule has 1 fully saturated rings. The molecule has 0 unspecified atom stereocenters. The zero-order valence-corrected chi connectivity index (χ0v) is 18.4. The van der Waals surface area contributed by atoms with Gasteiger partial charge in [0.1, 0.15) is 17.3 Å². The summed E-state index contributed by atoms with van der Waals surface area (Å²) in [6.45, 7) is 5.01. The van der Waals surface area contributed by atoms with Crippen LogP contribution in [0.3, 0.4) is 0 Å². The van der Waals surface area contributed by atoms with Gasteiger partial charge in [0.25, 0.3) is 0 Å². The van der Waals surface area contributed by atoms with Crippen LogP contribution in [0.15, 0.2) is 59.1 Å². The molecular weight excluding hydrogens is 392 g/mol. The lowest BCUT2D eigenvalue weighted by Gasteiger charge is -2.32. The first kappa shape index (κ1) is 21.4. The average molecular weight is 423 g/mol. The third-order valence-electron chi connectivity index (χ3n) is 5.84. The van der Waals surface area contributed by atoms with Crippen LogP contribution in [0.1, 0.15) is 22.6 Å². The molecule has 1 aromatic heterocycles. The van der Waals surface area contributed by atoms with E-state index in [1.165, 1.54) is 11.1 Å². The summed E-state index contributed by atoms with van der Waals surface area (Å²) in [5.74, 6) is 3.00. The molecule has 2 atom stereocenters. The first-order chi connectivity index (χ1) is 15.1. The topological polar surface area (TPSA) is 57.0 Å². The van der Waals surface area contributed by atoms with Gasteiger partial charge in [0.15, 0.2) is 0 Å². The Morgan fingerprint density at radius 3 is 2.42 bits per heavy atom. The van der Waals surface area contributed by atoms with Crippen LogP contribution in [-0.4, -0.2) is 43.5 Å². The number of methoxy groups -OCH3 is 2. The Hall–Kier alpha value is -2.83. The maximum absolute atomic E-state index is 5.94. The van der Waals surface area contributed by atoms with E-state index in [9.17, 15) is 0 Å². The van der Waals surface area contributed by atoms with E-state index >= 15 is 0 Å². The monoisotopic (exact) mass is 422 g/mol. The van der Waals surface area contributed by atoms with Gasteiger partial charge < -0.3 is 18.7 Å². The largest absolute Gasteiger partial charge is 0.497 e. The van der Waals surface area contributed by atoms with Gasteiger partial charge in [-0.05, 0) is 42.3 Å². The summed E-state index contributed by atoms with van der Waals surface area (Å²) >= 11 is 0. The molecule has 2 aromatic carbocycles. The molecule has 0 aliphatic carbocycles. The van der Waals surface area contributed by atoms with Crippen LogP contribution >= 0.6 is 0 Å². The molecule has 3 aromatic rings. The lowest BCUT2D eigenvalue weighted by molar-refractivity contribution is 0.127. The number of aromatic nitrogens is 1. The van der Waals surface area contributed by atoms with Gasteiger partial charge in [-0.15, -0.1) is 0 Å². The number of hydrogen-bond donors (Lipinski definition) is 0. The summed E-state index contributed by atoms with van der Waals surface area (Å²) in [4.78, 5) is 2.50. The van der Waals surface area contributed by atoms with E-state index < -0.39 is 0 Å². The minimum absolute atomic E-state index is 0.277. The van der Waals surface area contributed by atoms with Crippen molar-refractivity contribution in [2.75, 3.05) is 27.4 Å². The van der Waals surface area contributed by atoms with Crippen molar-refractivity contribution in [1.29, 1.82) is 0 Å². The van der Waals surface area contributed by atoms with Crippen molar-refractivity contribution in [3.05, 3.63) is 77.2 Å². The second-order valence-corrected chi connectivity index (χ2v) is 8.11. The molecule has 0 saturated carbocycles. The summed E-state index contributed by atoms with van der Waals surface area (Å²) < 4.78 is 22.2.